The Hall–Kier alpha value is -1.84. The van der Waals surface area contributed by atoms with Crippen LogP contribution in [0.3, 0.4) is 0 Å². The Balaban J connectivity index is 1.45. The Morgan fingerprint density at radius 1 is 1.21 bits per heavy atom. The molecule has 3 heterocycles. The van der Waals surface area contributed by atoms with E-state index in [1.807, 2.05) is 4.90 Å². The molecule has 2 aromatic heterocycles. The average molecular weight is 365 g/mol. The van der Waals surface area contributed by atoms with E-state index in [9.17, 15) is 4.79 Å². The zero-order valence-corrected chi connectivity index (χ0v) is 14.9. The zero-order chi connectivity index (χ0) is 16.9. The summed E-state index contributed by atoms with van der Waals surface area (Å²) < 4.78 is 0. The lowest BCUT2D eigenvalue weighted by molar-refractivity contribution is -0.130. The summed E-state index contributed by atoms with van der Waals surface area (Å²) in [7, 11) is 0. The molecule has 4 N–H and O–H groups in total. The molecule has 0 unspecified atom stereocenters. The van der Waals surface area contributed by atoms with Gasteiger partial charge in [-0.15, -0.1) is 11.3 Å². The van der Waals surface area contributed by atoms with E-state index in [1.165, 1.54) is 22.7 Å². The highest BCUT2D eigenvalue weighted by atomic mass is 32.2. The molecule has 0 radical (unpaired) electrons. The smallest absolute Gasteiger partial charge is 0.233 e. The molecule has 9 heteroatoms. The SMILES string of the molecule is Nc1cc(N)nc(SCC(=O)N2CCN(Cc3cccs3)CC2)n1. The first-order chi connectivity index (χ1) is 11.6. The van der Waals surface area contributed by atoms with Gasteiger partial charge in [0.1, 0.15) is 11.6 Å². The largest absolute Gasteiger partial charge is 0.383 e. The molecule has 24 heavy (non-hydrogen) atoms. The van der Waals surface area contributed by atoms with Crippen molar-refractivity contribution in [1.82, 2.24) is 19.8 Å². The van der Waals surface area contributed by atoms with Crippen LogP contribution in [0, 0.1) is 0 Å². The number of thioether (sulfide) groups is 1. The van der Waals surface area contributed by atoms with Crippen molar-refractivity contribution < 1.29 is 4.79 Å². The first kappa shape index (κ1) is 17.0. The normalized spacial score (nSPS) is 15.6. The van der Waals surface area contributed by atoms with E-state index >= 15 is 0 Å². The number of amides is 1. The number of carbonyl (C=O) groups is 1. The Morgan fingerprint density at radius 3 is 2.54 bits per heavy atom. The van der Waals surface area contributed by atoms with Crippen molar-refractivity contribution in [2.45, 2.75) is 11.7 Å². The third-order valence-electron chi connectivity index (χ3n) is 3.75. The van der Waals surface area contributed by atoms with Crippen LogP contribution in [-0.2, 0) is 11.3 Å². The van der Waals surface area contributed by atoms with Crippen molar-refractivity contribution in [1.29, 1.82) is 0 Å². The lowest BCUT2D eigenvalue weighted by atomic mass is 10.3. The number of carbonyl (C=O) groups excluding carboxylic acids is 1. The lowest BCUT2D eigenvalue weighted by Crippen LogP contribution is -2.48. The summed E-state index contributed by atoms with van der Waals surface area (Å²) in [5, 5.41) is 2.54. The third kappa shape index (κ3) is 4.59. The second-order valence-electron chi connectivity index (χ2n) is 5.53. The van der Waals surface area contributed by atoms with Crippen LogP contribution in [0.2, 0.25) is 0 Å². The highest BCUT2D eigenvalue weighted by Crippen LogP contribution is 2.18. The summed E-state index contributed by atoms with van der Waals surface area (Å²) >= 11 is 3.04. The van der Waals surface area contributed by atoms with Crippen molar-refractivity contribution >= 4 is 40.6 Å². The van der Waals surface area contributed by atoms with Crippen LogP contribution in [0.15, 0.2) is 28.7 Å². The molecule has 0 saturated carbocycles. The van der Waals surface area contributed by atoms with Gasteiger partial charge in [-0.25, -0.2) is 9.97 Å². The van der Waals surface area contributed by atoms with Crippen LogP contribution in [0.25, 0.3) is 0 Å². The minimum absolute atomic E-state index is 0.0976. The number of nitrogens with two attached hydrogens (primary N) is 2. The van der Waals surface area contributed by atoms with Crippen molar-refractivity contribution in [3.63, 3.8) is 0 Å². The Kier molecular flexibility index (Phi) is 5.54. The average Bonchev–Trinajstić information content (AvgIpc) is 3.05. The van der Waals surface area contributed by atoms with Gasteiger partial charge in [0, 0.05) is 43.7 Å². The quantitative estimate of drug-likeness (QED) is 0.606. The summed E-state index contributed by atoms with van der Waals surface area (Å²) in [6.45, 7) is 4.27. The van der Waals surface area contributed by atoms with Gasteiger partial charge in [-0.05, 0) is 11.4 Å². The minimum atomic E-state index is 0.0976. The number of hydrogen-bond donors (Lipinski definition) is 2. The van der Waals surface area contributed by atoms with E-state index in [4.69, 9.17) is 11.5 Å². The molecule has 0 atom stereocenters. The van der Waals surface area contributed by atoms with Gasteiger partial charge >= 0.3 is 0 Å². The second kappa shape index (κ2) is 7.82. The zero-order valence-electron chi connectivity index (χ0n) is 13.2. The number of aromatic nitrogens is 2. The Morgan fingerprint density at radius 2 is 1.92 bits per heavy atom. The molecule has 7 nitrogen and oxygen atoms in total. The molecule has 1 saturated heterocycles. The summed E-state index contributed by atoms with van der Waals surface area (Å²) in [4.78, 5) is 26.1. The number of rotatable bonds is 5. The number of anilines is 2. The van der Waals surface area contributed by atoms with Crippen LogP contribution in [-0.4, -0.2) is 57.6 Å². The molecule has 0 spiro atoms. The molecule has 0 aliphatic carbocycles. The van der Waals surface area contributed by atoms with E-state index in [2.05, 4.69) is 32.4 Å². The Labute approximate surface area is 149 Å². The topological polar surface area (TPSA) is 101 Å². The number of nitrogens with zero attached hydrogens (tertiary/aromatic N) is 4. The molecule has 1 fully saturated rings. The third-order valence-corrected chi connectivity index (χ3v) is 5.45. The summed E-state index contributed by atoms with van der Waals surface area (Å²) in [5.41, 5.74) is 11.3. The van der Waals surface area contributed by atoms with E-state index in [0.29, 0.717) is 22.5 Å². The molecule has 0 bridgehead atoms. The van der Waals surface area contributed by atoms with Gasteiger partial charge in [0.05, 0.1) is 5.75 Å². The fraction of sp³-hybridized carbons (Fsp3) is 0.400. The predicted molar refractivity (Wildman–Crippen MR) is 97.8 cm³/mol. The molecule has 2 aromatic rings. The van der Waals surface area contributed by atoms with Crippen molar-refractivity contribution in [3.05, 3.63) is 28.5 Å². The van der Waals surface area contributed by atoms with Gasteiger partial charge in [-0.2, -0.15) is 0 Å². The molecular formula is C15H20N6OS2. The fourth-order valence-corrected chi connectivity index (χ4v) is 4.04. The summed E-state index contributed by atoms with van der Waals surface area (Å²) in [6, 6.07) is 5.72. The highest BCUT2D eigenvalue weighted by molar-refractivity contribution is 7.99. The molecular weight excluding hydrogens is 344 g/mol. The van der Waals surface area contributed by atoms with E-state index in [-0.39, 0.29) is 5.91 Å². The first-order valence-electron chi connectivity index (χ1n) is 7.65. The number of nitrogen functional groups attached to an aromatic ring is 2. The Bertz CT molecular complexity index is 665. The standard InChI is InChI=1S/C15H20N6OS2/c16-12-8-13(17)19-15(18-12)24-10-14(22)21-5-3-20(4-6-21)9-11-2-1-7-23-11/h1-2,7-8H,3-6,9-10H2,(H4,16,17,18,19). The van der Waals surface area contributed by atoms with Crippen LogP contribution in [0.4, 0.5) is 11.6 Å². The second-order valence-corrected chi connectivity index (χ2v) is 7.50. The van der Waals surface area contributed by atoms with Gasteiger partial charge in [-0.3, -0.25) is 9.69 Å². The van der Waals surface area contributed by atoms with Gasteiger partial charge < -0.3 is 16.4 Å². The van der Waals surface area contributed by atoms with Crippen LogP contribution < -0.4 is 11.5 Å². The lowest BCUT2D eigenvalue weighted by Gasteiger charge is -2.34. The van der Waals surface area contributed by atoms with Crippen molar-refractivity contribution in [2.24, 2.45) is 0 Å². The van der Waals surface area contributed by atoms with Crippen molar-refractivity contribution in [3.8, 4) is 0 Å². The van der Waals surface area contributed by atoms with Crippen LogP contribution in [0.1, 0.15) is 4.88 Å². The minimum Gasteiger partial charge on any atom is -0.383 e. The van der Waals surface area contributed by atoms with Crippen molar-refractivity contribution in [2.75, 3.05) is 43.4 Å². The molecule has 0 aromatic carbocycles. The number of thiophene rings is 1. The van der Waals surface area contributed by atoms with Gasteiger partial charge in [0.2, 0.25) is 5.91 Å². The van der Waals surface area contributed by atoms with Crippen LogP contribution >= 0.6 is 23.1 Å². The predicted octanol–water partition coefficient (Wildman–Crippen LogP) is 1.14. The van der Waals surface area contributed by atoms with Gasteiger partial charge in [0.25, 0.3) is 0 Å². The maximum Gasteiger partial charge on any atom is 0.233 e. The fourth-order valence-electron chi connectivity index (χ4n) is 2.52. The molecule has 128 valence electrons. The summed E-state index contributed by atoms with van der Waals surface area (Å²) in [5.74, 6) is 1.04. The highest BCUT2D eigenvalue weighted by Gasteiger charge is 2.21. The van der Waals surface area contributed by atoms with Crippen LogP contribution in [0.5, 0.6) is 0 Å². The van der Waals surface area contributed by atoms with E-state index < -0.39 is 0 Å². The summed E-state index contributed by atoms with van der Waals surface area (Å²) in [6.07, 6.45) is 0. The van der Waals surface area contributed by atoms with E-state index in [0.717, 1.165) is 32.7 Å². The van der Waals surface area contributed by atoms with Gasteiger partial charge in [-0.1, -0.05) is 17.8 Å². The first-order valence-corrected chi connectivity index (χ1v) is 9.52. The molecule has 1 amide bonds. The maximum absolute atomic E-state index is 12.3. The van der Waals surface area contributed by atoms with Gasteiger partial charge in [0.15, 0.2) is 5.16 Å². The molecule has 1 aliphatic rings. The molecule has 1 aliphatic heterocycles. The molecule has 3 rings (SSSR count). The monoisotopic (exact) mass is 364 g/mol. The number of hydrogen-bond acceptors (Lipinski definition) is 8. The maximum atomic E-state index is 12.3. The van der Waals surface area contributed by atoms with E-state index in [1.54, 1.807) is 11.3 Å². The number of piperazine rings is 1.